The lowest BCUT2D eigenvalue weighted by molar-refractivity contribution is -0.141. The minimum Gasteiger partial charge on any atom is -0.457 e. The lowest BCUT2D eigenvalue weighted by Crippen LogP contribution is -2.41. The Kier molecular flexibility index (Phi) is 8.05. The van der Waals surface area contributed by atoms with E-state index in [1.54, 1.807) is 25.1 Å². The molecule has 8 heteroatoms. The fourth-order valence-electron chi connectivity index (χ4n) is 4.03. The molecule has 1 aliphatic heterocycles. The first-order chi connectivity index (χ1) is 15.7. The van der Waals surface area contributed by atoms with Crippen LogP contribution in [0, 0.1) is 24.0 Å². The lowest BCUT2D eigenvalue weighted by atomic mass is 9.72. The van der Waals surface area contributed by atoms with E-state index in [1.165, 1.54) is 23.7 Å². The molecule has 2 atom stereocenters. The first-order valence-corrected chi connectivity index (χ1v) is 11.1. The average Bonchev–Trinajstić information content (AvgIpc) is 2.80. The van der Waals surface area contributed by atoms with Crippen molar-refractivity contribution in [3.05, 3.63) is 59.2 Å². The number of hydroxylamine groups is 1. The predicted molar refractivity (Wildman–Crippen MR) is 118 cm³/mol. The third kappa shape index (κ3) is 6.28. The number of ether oxygens (including phenoxy) is 3. The van der Waals surface area contributed by atoms with Crippen molar-refractivity contribution in [3.8, 4) is 11.5 Å². The molecule has 2 aromatic rings. The normalized spacial score (nSPS) is 22.7. The van der Waals surface area contributed by atoms with Gasteiger partial charge in [0.15, 0.2) is 0 Å². The summed E-state index contributed by atoms with van der Waals surface area (Å²) >= 11 is 0. The number of rotatable bonds is 9. The van der Waals surface area contributed by atoms with E-state index >= 15 is 0 Å². The minimum atomic E-state index is -0.699. The topological polar surface area (TPSA) is 77.0 Å². The third-order valence-electron chi connectivity index (χ3n) is 6.57. The standard InChI is InChI=1S/C25H31F2NO5/c1-4-25(9-10-31-15-23(29)28-30)8-7-24(3,32-16-25)18-11-19(26)13-21(12-18)33-20-6-5-17(2)22(27)14-20/h5-6,11-14,30H,4,7-10,15-16H2,1-3H3,(H,28,29). The van der Waals surface area contributed by atoms with Gasteiger partial charge in [0, 0.05) is 18.7 Å². The molecule has 0 aliphatic carbocycles. The molecule has 2 unspecified atom stereocenters. The summed E-state index contributed by atoms with van der Waals surface area (Å²) in [5.41, 5.74) is 1.89. The van der Waals surface area contributed by atoms with Gasteiger partial charge in [-0.1, -0.05) is 13.0 Å². The molecule has 0 bridgehead atoms. The molecule has 0 saturated carbocycles. The molecular formula is C25H31F2NO5. The van der Waals surface area contributed by atoms with Gasteiger partial charge in [0.05, 0.1) is 12.2 Å². The summed E-state index contributed by atoms with van der Waals surface area (Å²) < 4.78 is 45.7. The molecule has 1 aliphatic rings. The molecule has 1 saturated heterocycles. The molecular weight excluding hydrogens is 432 g/mol. The average molecular weight is 464 g/mol. The summed E-state index contributed by atoms with van der Waals surface area (Å²) in [6.45, 7) is 6.30. The van der Waals surface area contributed by atoms with E-state index in [1.807, 2.05) is 6.92 Å². The highest BCUT2D eigenvalue weighted by Gasteiger charge is 2.41. The monoisotopic (exact) mass is 463 g/mol. The molecule has 6 nitrogen and oxygen atoms in total. The van der Waals surface area contributed by atoms with Crippen LogP contribution in [0.3, 0.4) is 0 Å². The van der Waals surface area contributed by atoms with Gasteiger partial charge in [-0.05, 0) is 74.3 Å². The number of carbonyl (C=O) groups excluding carboxylic acids is 1. The molecule has 0 spiro atoms. The molecule has 1 fully saturated rings. The largest absolute Gasteiger partial charge is 0.457 e. The predicted octanol–water partition coefficient (Wildman–Crippen LogP) is 5.40. The van der Waals surface area contributed by atoms with Crippen molar-refractivity contribution < 1.29 is 33.0 Å². The highest BCUT2D eigenvalue weighted by Crippen LogP contribution is 2.46. The van der Waals surface area contributed by atoms with E-state index in [4.69, 9.17) is 19.4 Å². The zero-order valence-corrected chi connectivity index (χ0v) is 19.2. The molecule has 180 valence electrons. The summed E-state index contributed by atoms with van der Waals surface area (Å²) in [5.74, 6) is -0.859. The highest BCUT2D eigenvalue weighted by atomic mass is 19.1. The summed E-state index contributed by atoms with van der Waals surface area (Å²) in [7, 11) is 0. The summed E-state index contributed by atoms with van der Waals surface area (Å²) in [6, 6.07) is 8.98. The molecule has 3 rings (SSSR count). The van der Waals surface area contributed by atoms with Crippen LogP contribution in [0.5, 0.6) is 11.5 Å². The molecule has 33 heavy (non-hydrogen) atoms. The highest BCUT2D eigenvalue weighted by molar-refractivity contribution is 5.75. The van der Waals surface area contributed by atoms with Crippen LogP contribution in [0.25, 0.3) is 0 Å². The Hall–Kier alpha value is -2.55. The first-order valence-electron chi connectivity index (χ1n) is 11.1. The quantitative estimate of drug-likeness (QED) is 0.296. The number of hydrogen-bond acceptors (Lipinski definition) is 5. The van der Waals surface area contributed by atoms with Gasteiger partial charge < -0.3 is 14.2 Å². The Balaban J connectivity index is 1.68. The maximum absolute atomic E-state index is 14.4. The number of carbonyl (C=O) groups is 1. The van der Waals surface area contributed by atoms with E-state index in [-0.39, 0.29) is 23.6 Å². The van der Waals surface area contributed by atoms with Crippen molar-refractivity contribution in [2.24, 2.45) is 5.41 Å². The maximum Gasteiger partial charge on any atom is 0.269 e. The Bertz CT molecular complexity index is 973. The van der Waals surface area contributed by atoms with Gasteiger partial charge in [-0.2, -0.15) is 0 Å². The van der Waals surface area contributed by atoms with Crippen molar-refractivity contribution in [2.45, 2.75) is 52.1 Å². The molecule has 1 amide bonds. The van der Waals surface area contributed by atoms with Crippen LogP contribution in [0.1, 0.15) is 50.7 Å². The van der Waals surface area contributed by atoms with E-state index in [9.17, 15) is 13.6 Å². The number of benzene rings is 2. The van der Waals surface area contributed by atoms with E-state index in [2.05, 4.69) is 6.92 Å². The van der Waals surface area contributed by atoms with Crippen LogP contribution >= 0.6 is 0 Å². The zero-order chi connectivity index (χ0) is 24.1. The Morgan fingerprint density at radius 2 is 1.97 bits per heavy atom. The van der Waals surface area contributed by atoms with Crippen molar-refractivity contribution in [2.75, 3.05) is 19.8 Å². The smallest absolute Gasteiger partial charge is 0.269 e. The van der Waals surface area contributed by atoms with Crippen LogP contribution in [0.15, 0.2) is 36.4 Å². The van der Waals surface area contributed by atoms with Gasteiger partial charge in [-0.3, -0.25) is 10.0 Å². The summed E-state index contributed by atoms with van der Waals surface area (Å²) in [5, 5.41) is 8.54. The molecule has 1 heterocycles. The summed E-state index contributed by atoms with van der Waals surface area (Å²) in [4.78, 5) is 11.1. The van der Waals surface area contributed by atoms with Crippen LogP contribution < -0.4 is 10.2 Å². The summed E-state index contributed by atoms with van der Waals surface area (Å²) in [6.07, 6.45) is 3.08. The number of aryl methyl sites for hydroxylation is 1. The Morgan fingerprint density at radius 3 is 2.61 bits per heavy atom. The van der Waals surface area contributed by atoms with Crippen LogP contribution in [-0.2, 0) is 19.9 Å². The number of amides is 1. The molecule has 0 aromatic heterocycles. The second-order valence-corrected chi connectivity index (χ2v) is 8.90. The van der Waals surface area contributed by atoms with Crippen molar-refractivity contribution in [3.63, 3.8) is 0 Å². The first kappa shape index (κ1) is 25.1. The zero-order valence-electron chi connectivity index (χ0n) is 19.2. The van der Waals surface area contributed by atoms with Gasteiger partial charge in [0.1, 0.15) is 29.7 Å². The Morgan fingerprint density at radius 1 is 1.18 bits per heavy atom. The van der Waals surface area contributed by atoms with Gasteiger partial charge >= 0.3 is 0 Å². The molecule has 2 aromatic carbocycles. The second kappa shape index (κ2) is 10.6. The number of hydrogen-bond donors (Lipinski definition) is 2. The number of halogens is 2. The Labute approximate surface area is 192 Å². The van der Waals surface area contributed by atoms with Gasteiger partial charge in [0.2, 0.25) is 0 Å². The van der Waals surface area contributed by atoms with Crippen molar-refractivity contribution in [1.82, 2.24) is 5.48 Å². The van der Waals surface area contributed by atoms with E-state index in [0.717, 1.165) is 12.8 Å². The molecule has 2 N–H and O–H groups in total. The SMILES string of the molecule is CCC1(CCOCC(=O)NO)CCC(C)(c2cc(F)cc(Oc3ccc(C)c(F)c3)c2)OC1. The second-order valence-electron chi connectivity index (χ2n) is 8.90. The van der Waals surface area contributed by atoms with Crippen molar-refractivity contribution >= 4 is 5.91 Å². The molecule has 0 radical (unpaired) electrons. The fourth-order valence-corrected chi connectivity index (χ4v) is 4.03. The lowest BCUT2D eigenvalue weighted by Gasteiger charge is -2.45. The van der Waals surface area contributed by atoms with Crippen LogP contribution in [-0.4, -0.2) is 30.9 Å². The van der Waals surface area contributed by atoms with Crippen LogP contribution in [0.4, 0.5) is 8.78 Å². The van der Waals surface area contributed by atoms with E-state index in [0.29, 0.717) is 42.9 Å². The van der Waals surface area contributed by atoms with E-state index < -0.39 is 17.3 Å². The minimum absolute atomic E-state index is 0.110. The van der Waals surface area contributed by atoms with Crippen molar-refractivity contribution in [1.29, 1.82) is 0 Å². The van der Waals surface area contributed by atoms with Crippen LogP contribution in [0.2, 0.25) is 0 Å². The van der Waals surface area contributed by atoms with Gasteiger partial charge in [0.25, 0.3) is 5.91 Å². The fraction of sp³-hybridized carbons (Fsp3) is 0.480. The van der Waals surface area contributed by atoms with Gasteiger partial charge in [-0.25, -0.2) is 14.3 Å². The third-order valence-corrected chi connectivity index (χ3v) is 6.57. The maximum atomic E-state index is 14.4. The van der Waals surface area contributed by atoms with Gasteiger partial charge in [-0.15, -0.1) is 0 Å². The number of nitrogens with one attached hydrogen (secondary N) is 1.